The Bertz CT molecular complexity index is 868. The molecule has 0 spiro atoms. The highest BCUT2D eigenvalue weighted by Gasteiger charge is 2.30. The summed E-state index contributed by atoms with van der Waals surface area (Å²) in [5, 5.41) is 22.7. The predicted molar refractivity (Wildman–Crippen MR) is 104 cm³/mol. The molecule has 8 nitrogen and oxygen atoms in total. The number of rotatable bonds is 6. The summed E-state index contributed by atoms with van der Waals surface area (Å²) < 4.78 is 5.38. The fourth-order valence-corrected chi connectivity index (χ4v) is 3.87. The van der Waals surface area contributed by atoms with Crippen LogP contribution in [0.25, 0.3) is 0 Å². The van der Waals surface area contributed by atoms with Crippen molar-refractivity contribution in [3.8, 4) is 6.07 Å². The smallest absolute Gasteiger partial charge is 0.229 e. The molecule has 8 heteroatoms. The van der Waals surface area contributed by atoms with E-state index in [1.165, 1.54) is 12.8 Å². The Balaban J connectivity index is 1.45. The van der Waals surface area contributed by atoms with Gasteiger partial charge >= 0.3 is 0 Å². The van der Waals surface area contributed by atoms with E-state index in [2.05, 4.69) is 50.1 Å². The van der Waals surface area contributed by atoms with Gasteiger partial charge in [-0.15, -0.1) is 5.10 Å². The third-order valence-electron chi connectivity index (χ3n) is 5.60. The molecule has 1 saturated carbocycles. The Labute approximate surface area is 165 Å². The molecule has 1 saturated heterocycles. The lowest BCUT2D eigenvalue weighted by Crippen LogP contribution is -2.32. The monoisotopic (exact) mass is 381 g/mol. The SMILES string of the molecule is CCc1nnc(N2CCCN(Cc3noc(C4CC4)n3)CC2)c(C#N)c1CC. The molecule has 1 aliphatic heterocycles. The van der Waals surface area contributed by atoms with Crippen molar-refractivity contribution in [3.05, 3.63) is 28.5 Å². The molecule has 0 bridgehead atoms. The fraction of sp³-hybridized carbons (Fsp3) is 0.650. The third kappa shape index (κ3) is 3.85. The zero-order chi connectivity index (χ0) is 19.5. The first-order valence-corrected chi connectivity index (χ1v) is 10.3. The zero-order valence-electron chi connectivity index (χ0n) is 16.7. The number of anilines is 1. The average molecular weight is 381 g/mol. The van der Waals surface area contributed by atoms with E-state index in [1.54, 1.807) is 0 Å². The molecule has 2 aliphatic rings. The molecule has 0 amide bonds. The standard InChI is InChI=1S/C20H27N7O/c1-3-15-16(12-21)19(24-23-17(15)4-2)27-9-5-8-26(10-11-27)13-18-22-20(28-25-18)14-6-7-14/h14H,3-11,13H2,1-2H3. The molecule has 28 heavy (non-hydrogen) atoms. The van der Waals surface area contributed by atoms with Crippen LogP contribution in [0.4, 0.5) is 5.82 Å². The number of aryl methyl sites for hydroxylation is 1. The number of hydrogen-bond donors (Lipinski definition) is 0. The summed E-state index contributed by atoms with van der Waals surface area (Å²) in [6, 6.07) is 2.39. The second-order valence-electron chi connectivity index (χ2n) is 7.58. The van der Waals surface area contributed by atoms with Crippen molar-refractivity contribution in [3.63, 3.8) is 0 Å². The molecule has 0 atom stereocenters. The average Bonchev–Trinajstić information content (AvgIpc) is 3.51. The first-order valence-electron chi connectivity index (χ1n) is 10.3. The number of nitrogens with zero attached hydrogens (tertiary/aromatic N) is 7. The molecule has 4 rings (SSSR count). The van der Waals surface area contributed by atoms with Gasteiger partial charge in [0.2, 0.25) is 5.89 Å². The van der Waals surface area contributed by atoms with Gasteiger partial charge in [0.05, 0.1) is 12.2 Å². The Morgan fingerprint density at radius 2 is 1.96 bits per heavy atom. The lowest BCUT2D eigenvalue weighted by Gasteiger charge is -2.24. The minimum atomic E-state index is 0.489. The number of nitriles is 1. The van der Waals surface area contributed by atoms with Crippen LogP contribution < -0.4 is 4.90 Å². The Morgan fingerprint density at radius 3 is 2.68 bits per heavy atom. The van der Waals surface area contributed by atoms with Crippen molar-refractivity contribution < 1.29 is 4.52 Å². The van der Waals surface area contributed by atoms with E-state index in [-0.39, 0.29) is 0 Å². The molecule has 0 N–H and O–H groups in total. The van der Waals surface area contributed by atoms with E-state index in [1.807, 2.05) is 0 Å². The van der Waals surface area contributed by atoms with E-state index in [9.17, 15) is 5.26 Å². The van der Waals surface area contributed by atoms with Crippen LogP contribution in [0.2, 0.25) is 0 Å². The van der Waals surface area contributed by atoms with E-state index < -0.39 is 0 Å². The molecular weight excluding hydrogens is 354 g/mol. The maximum absolute atomic E-state index is 9.77. The quantitative estimate of drug-likeness (QED) is 0.753. The van der Waals surface area contributed by atoms with Gasteiger partial charge in [0.15, 0.2) is 11.6 Å². The summed E-state index contributed by atoms with van der Waals surface area (Å²) in [6.45, 7) is 8.35. The molecule has 0 radical (unpaired) electrons. The van der Waals surface area contributed by atoms with Gasteiger partial charge in [-0.1, -0.05) is 19.0 Å². The van der Waals surface area contributed by atoms with Gasteiger partial charge in [0.25, 0.3) is 0 Å². The number of aromatic nitrogens is 4. The van der Waals surface area contributed by atoms with Crippen molar-refractivity contribution in [1.29, 1.82) is 5.26 Å². The molecule has 2 aromatic heterocycles. The minimum Gasteiger partial charge on any atom is -0.353 e. The van der Waals surface area contributed by atoms with Crippen LogP contribution in [-0.4, -0.2) is 51.4 Å². The van der Waals surface area contributed by atoms with Crippen molar-refractivity contribution in [1.82, 2.24) is 25.2 Å². The zero-order valence-corrected chi connectivity index (χ0v) is 16.7. The fourth-order valence-electron chi connectivity index (χ4n) is 3.87. The molecule has 148 valence electrons. The lowest BCUT2D eigenvalue weighted by molar-refractivity contribution is 0.271. The van der Waals surface area contributed by atoms with Crippen molar-refractivity contribution in [2.24, 2.45) is 0 Å². The Kier molecular flexibility index (Phi) is 5.53. The van der Waals surface area contributed by atoms with E-state index >= 15 is 0 Å². The van der Waals surface area contributed by atoms with Gasteiger partial charge in [0, 0.05) is 32.1 Å². The topological polar surface area (TPSA) is 95.0 Å². The Hall–Kier alpha value is -2.53. The van der Waals surface area contributed by atoms with E-state index in [0.29, 0.717) is 18.0 Å². The first kappa shape index (κ1) is 18.8. The summed E-state index contributed by atoms with van der Waals surface area (Å²) in [5.74, 6) is 2.79. The molecular formula is C20H27N7O. The van der Waals surface area contributed by atoms with Crippen LogP contribution >= 0.6 is 0 Å². The van der Waals surface area contributed by atoms with Crippen molar-refractivity contribution >= 4 is 5.82 Å². The van der Waals surface area contributed by atoms with Crippen molar-refractivity contribution in [2.75, 3.05) is 31.1 Å². The first-order chi connectivity index (χ1) is 13.7. The highest BCUT2D eigenvalue weighted by Crippen LogP contribution is 2.38. The van der Waals surface area contributed by atoms with E-state index in [4.69, 9.17) is 4.52 Å². The maximum Gasteiger partial charge on any atom is 0.229 e. The van der Waals surface area contributed by atoms with Crippen LogP contribution in [0.1, 0.15) is 67.6 Å². The summed E-state index contributed by atoms with van der Waals surface area (Å²) in [6.07, 6.45) is 4.93. The highest BCUT2D eigenvalue weighted by atomic mass is 16.5. The predicted octanol–water partition coefficient (Wildman–Crippen LogP) is 2.45. The van der Waals surface area contributed by atoms with Crippen LogP contribution in [-0.2, 0) is 19.4 Å². The van der Waals surface area contributed by atoms with Gasteiger partial charge in [-0.3, -0.25) is 4.90 Å². The van der Waals surface area contributed by atoms with Crippen LogP contribution in [0.3, 0.4) is 0 Å². The molecule has 0 aromatic carbocycles. The second kappa shape index (κ2) is 8.23. The summed E-state index contributed by atoms with van der Waals surface area (Å²) in [7, 11) is 0. The summed E-state index contributed by atoms with van der Waals surface area (Å²) >= 11 is 0. The van der Waals surface area contributed by atoms with Gasteiger partial charge in [-0.2, -0.15) is 15.3 Å². The van der Waals surface area contributed by atoms with Gasteiger partial charge < -0.3 is 9.42 Å². The maximum atomic E-state index is 9.77. The van der Waals surface area contributed by atoms with Crippen molar-refractivity contribution in [2.45, 2.75) is 58.4 Å². The van der Waals surface area contributed by atoms with Gasteiger partial charge in [-0.05, 0) is 37.7 Å². The number of hydrogen-bond acceptors (Lipinski definition) is 8. The van der Waals surface area contributed by atoms with Crippen LogP contribution in [0, 0.1) is 11.3 Å². The van der Waals surface area contributed by atoms with E-state index in [0.717, 1.165) is 74.2 Å². The Morgan fingerprint density at radius 1 is 1.11 bits per heavy atom. The third-order valence-corrected chi connectivity index (χ3v) is 5.60. The molecule has 2 aromatic rings. The minimum absolute atomic E-state index is 0.489. The van der Waals surface area contributed by atoms with Crippen LogP contribution in [0.15, 0.2) is 4.52 Å². The second-order valence-corrected chi connectivity index (χ2v) is 7.58. The normalized spacial score (nSPS) is 18.1. The molecule has 1 aliphatic carbocycles. The summed E-state index contributed by atoms with van der Waals surface area (Å²) in [5.41, 5.74) is 2.66. The molecule has 3 heterocycles. The molecule has 2 fully saturated rings. The molecule has 0 unspecified atom stereocenters. The van der Waals surface area contributed by atoms with Gasteiger partial charge in [-0.25, -0.2) is 0 Å². The summed E-state index contributed by atoms with van der Waals surface area (Å²) in [4.78, 5) is 9.10. The lowest BCUT2D eigenvalue weighted by atomic mass is 10.0. The van der Waals surface area contributed by atoms with Crippen LogP contribution in [0.5, 0.6) is 0 Å². The van der Waals surface area contributed by atoms with Gasteiger partial charge in [0.1, 0.15) is 11.6 Å². The highest BCUT2D eigenvalue weighted by molar-refractivity contribution is 5.58. The largest absolute Gasteiger partial charge is 0.353 e.